The molecule has 0 amide bonds. The van der Waals surface area contributed by atoms with Gasteiger partial charge >= 0.3 is 5.69 Å². The quantitative estimate of drug-likeness (QED) is 0.680. The highest BCUT2D eigenvalue weighted by Crippen LogP contribution is 2.31. The van der Waals surface area contributed by atoms with Crippen molar-refractivity contribution < 1.29 is 9.66 Å². The number of halogens is 1. The first kappa shape index (κ1) is 13.2. The lowest BCUT2D eigenvalue weighted by atomic mass is 10.0. The minimum absolute atomic E-state index is 0.0277. The molecular formula is C11H14BrN3O3. The maximum Gasteiger partial charge on any atom is 0.332 e. The Morgan fingerprint density at radius 2 is 2.22 bits per heavy atom. The van der Waals surface area contributed by atoms with Crippen LogP contribution in [0.3, 0.4) is 0 Å². The Morgan fingerprint density at radius 3 is 2.83 bits per heavy atom. The van der Waals surface area contributed by atoms with Crippen LogP contribution in [-0.4, -0.2) is 22.1 Å². The third kappa shape index (κ3) is 2.97. The normalized spacial score (nSPS) is 17.7. The molecule has 18 heavy (non-hydrogen) atoms. The molecule has 0 aliphatic heterocycles. The number of nitrogens with two attached hydrogens (primary N) is 1. The summed E-state index contributed by atoms with van der Waals surface area (Å²) >= 11 is 3.15. The van der Waals surface area contributed by atoms with E-state index in [9.17, 15) is 10.1 Å². The van der Waals surface area contributed by atoms with Crippen LogP contribution in [0.15, 0.2) is 16.7 Å². The monoisotopic (exact) mass is 315 g/mol. The summed E-state index contributed by atoms with van der Waals surface area (Å²) in [4.78, 5) is 14.3. The van der Waals surface area contributed by atoms with E-state index in [-0.39, 0.29) is 23.7 Å². The summed E-state index contributed by atoms with van der Waals surface area (Å²) in [5.74, 6) is 0.0277. The molecule has 1 aromatic heterocycles. The standard InChI is InChI=1S/C11H14BrN3O3/c12-8-5-9(15(16)17)10(14-6-8)18-7-11(13)3-1-2-4-11/h5-6H,1-4,7,13H2. The van der Waals surface area contributed by atoms with E-state index in [0.29, 0.717) is 4.47 Å². The van der Waals surface area contributed by atoms with Crippen LogP contribution in [0, 0.1) is 10.1 Å². The predicted molar refractivity (Wildman–Crippen MR) is 69.5 cm³/mol. The van der Waals surface area contributed by atoms with Gasteiger partial charge in [-0.3, -0.25) is 10.1 Å². The number of hydrogen-bond acceptors (Lipinski definition) is 5. The van der Waals surface area contributed by atoms with Gasteiger partial charge in [-0.2, -0.15) is 0 Å². The average molecular weight is 316 g/mol. The SMILES string of the molecule is NC1(COc2ncc(Br)cc2[N+](=O)[O-])CCCC1. The number of rotatable bonds is 4. The molecule has 0 radical (unpaired) electrons. The zero-order valence-electron chi connectivity index (χ0n) is 9.76. The number of aromatic nitrogens is 1. The van der Waals surface area contributed by atoms with Crippen molar-refractivity contribution in [3.8, 4) is 5.88 Å². The minimum Gasteiger partial charge on any atom is -0.471 e. The number of ether oxygens (including phenoxy) is 1. The van der Waals surface area contributed by atoms with Crippen molar-refractivity contribution in [2.75, 3.05) is 6.61 Å². The maximum atomic E-state index is 10.9. The molecule has 1 aliphatic carbocycles. The average Bonchev–Trinajstić information content (AvgIpc) is 2.75. The van der Waals surface area contributed by atoms with Crippen LogP contribution in [0.4, 0.5) is 5.69 Å². The Hall–Kier alpha value is -1.21. The number of nitro groups is 1. The number of nitrogens with zero attached hydrogens (tertiary/aromatic N) is 2. The Labute approximate surface area is 113 Å². The van der Waals surface area contributed by atoms with E-state index in [1.54, 1.807) is 0 Å². The molecule has 1 fully saturated rings. The Balaban J connectivity index is 2.11. The van der Waals surface area contributed by atoms with Crippen LogP contribution in [0.1, 0.15) is 25.7 Å². The van der Waals surface area contributed by atoms with E-state index in [1.807, 2.05) is 0 Å². The second-order valence-electron chi connectivity index (χ2n) is 4.59. The lowest BCUT2D eigenvalue weighted by Crippen LogP contribution is -2.42. The molecule has 0 unspecified atom stereocenters. The van der Waals surface area contributed by atoms with Crippen LogP contribution in [0.5, 0.6) is 5.88 Å². The van der Waals surface area contributed by atoms with Crippen molar-refractivity contribution in [3.63, 3.8) is 0 Å². The molecule has 2 rings (SSSR count). The van der Waals surface area contributed by atoms with Gasteiger partial charge in [0.1, 0.15) is 6.61 Å². The molecule has 98 valence electrons. The first-order valence-corrected chi connectivity index (χ1v) is 6.51. The van der Waals surface area contributed by atoms with Crippen LogP contribution in [0.25, 0.3) is 0 Å². The van der Waals surface area contributed by atoms with Gasteiger partial charge in [0.15, 0.2) is 0 Å². The summed E-state index contributed by atoms with van der Waals surface area (Å²) in [5, 5.41) is 10.9. The zero-order chi connectivity index (χ0) is 13.2. The number of pyridine rings is 1. The molecule has 0 saturated heterocycles. The molecule has 1 saturated carbocycles. The maximum absolute atomic E-state index is 10.9. The summed E-state index contributed by atoms with van der Waals surface area (Å²) in [6.45, 7) is 0.266. The van der Waals surface area contributed by atoms with Gasteiger partial charge in [0.2, 0.25) is 0 Å². The van der Waals surface area contributed by atoms with E-state index in [2.05, 4.69) is 20.9 Å². The fourth-order valence-electron chi connectivity index (χ4n) is 2.09. The Morgan fingerprint density at radius 1 is 1.56 bits per heavy atom. The highest BCUT2D eigenvalue weighted by Gasteiger charge is 2.31. The Kier molecular flexibility index (Phi) is 3.82. The zero-order valence-corrected chi connectivity index (χ0v) is 11.4. The van der Waals surface area contributed by atoms with Gasteiger partial charge < -0.3 is 10.5 Å². The summed E-state index contributed by atoms with van der Waals surface area (Å²) in [6, 6.07) is 1.38. The van der Waals surface area contributed by atoms with Gasteiger partial charge in [-0.05, 0) is 28.8 Å². The molecule has 1 aromatic rings. The summed E-state index contributed by atoms with van der Waals surface area (Å²) in [5.41, 5.74) is 5.61. The van der Waals surface area contributed by atoms with Gasteiger partial charge in [0.25, 0.3) is 5.88 Å². The molecule has 0 atom stereocenters. The summed E-state index contributed by atoms with van der Waals surface area (Å²) in [7, 11) is 0. The number of hydrogen-bond donors (Lipinski definition) is 1. The third-order valence-electron chi connectivity index (χ3n) is 3.09. The fraction of sp³-hybridized carbons (Fsp3) is 0.545. The van der Waals surface area contributed by atoms with Crippen LogP contribution < -0.4 is 10.5 Å². The third-order valence-corrected chi connectivity index (χ3v) is 3.52. The molecule has 1 aliphatic rings. The largest absolute Gasteiger partial charge is 0.471 e. The summed E-state index contributed by atoms with van der Waals surface area (Å²) in [6.07, 6.45) is 5.40. The van der Waals surface area contributed by atoms with Crippen molar-refractivity contribution in [1.29, 1.82) is 0 Å². The van der Waals surface area contributed by atoms with E-state index in [0.717, 1.165) is 25.7 Å². The minimum atomic E-state index is -0.509. The van der Waals surface area contributed by atoms with Gasteiger partial charge in [-0.1, -0.05) is 12.8 Å². The molecule has 0 spiro atoms. The van der Waals surface area contributed by atoms with Gasteiger partial charge in [0, 0.05) is 16.7 Å². The second kappa shape index (κ2) is 5.19. The molecule has 6 nitrogen and oxygen atoms in total. The van der Waals surface area contributed by atoms with Gasteiger partial charge in [-0.15, -0.1) is 0 Å². The van der Waals surface area contributed by atoms with E-state index in [4.69, 9.17) is 10.5 Å². The highest BCUT2D eigenvalue weighted by atomic mass is 79.9. The van der Waals surface area contributed by atoms with E-state index >= 15 is 0 Å². The molecule has 1 heterocycles. The van der Waals surface area contributed by atoms with Crippen molar-refractivity contribution in [2.24, 2.45) is 5.73 Å². The topological polar surface area (TPSA) is 91.3 Å². The van der Waals surface area contributed by atoms with Crippen LogP contribution in [-0.2, 0) is 0 Å². The highest BCUT2D eigenvalue weighted by molar-refractivity contribution is 9.10. The molecule has 2 N–H and O–H groups in total. The second-order valence-corrected chi connectivity index (χ2v) is 5.51. The van der Waals surface area contributed by atoms with E-state index < -0.39 is 4.92 Å². The first-order chi connectivity index (χ1) is 8.50. The van der Waals surface area contributed by atoms with Gasteiger partial charge in [0.05, 0.1) is 10.5 Å². The molecule has 0 bridgehead atoms. The molecular weight excluding hydrogens is 302 g/mol. The smallest absolute Gasteiger partial charge is 0.332 e. The molecule has 0 aromatic carbocycles. The van der Waals surface area contributed by atoms with Crippen molar-refractivity contribution in [3.05, 3.63) is 26.9 Å². The first-order valence-electron chi connectivity index (χ1n) is 5.72. The Bertz CT molecular complexity index is 461. The van der Waals surface area contributed by atoms with Crippen molar-refractivity contribution in [2.45, 2.75) is 31.2 Å². The summed E-state index contributed by atoms with van der Waals surface area (Å²) < 4.78 is 5.99. The van der Waals surface area contributed by atoms with Crippen LogP contribution >= 0.6 is 15.9 Å². The van der Waals surface area contributed by atoms with E-state index in [1.165, 1.54) is 12.3 Å². The lowest BCUT2D eigenvalue weighted by molar-refractivity contribution is -0.386. The van der Waals surface area contributed by atoms with Crippen molar-refractivity contribution >= 4 is 21.6 Å². The van der Waals surface area contributed by atoms with Crippen LogP contribution in [0.2, 0.25) is 0 Å². The van der Waals surface area contributed by atoms with Crippen molar-refractivity contribution in [1.82, 2.24) is 4.98 Å². The lowest BCUT2D eigenvalue weighted by Gasteiger charge is -2.22. The van der Waals surface area contributed by atoms with Gasteiger partial charge in [-0.25, -0.2) is 4.98 Å². The fourth-order valence-corrected chi connectivity index (χ4v) is 2.41. The molecule has 7 heteroatoms. The predicted octanol–water partition coefficient (Wildman–Crippen LogP) is 2.40.